The zero-order chi connectivity index (χ0) is 16.5. The van der Waals surface area contributed by atoms with E-state index in [1.165, 1.54) is 10.9 Å². The topological polar surface area (TPSA) is 89.4 Å². The molecule has 4 heterocycles. The Kier molecular flexibility index (Phi) is 3.60. The summed E-state index contributed by atoms with van der Waals surface area (Å²) in [5.41, 5.74) is 7.87. The SMILES string of the molecule is Nc1cc(C(=O)N2CCCCC2)cc2nc(-c3ccccn3)nn12. The summed E-state index contributed by atoms with van der Waals surface area (Å²) in [5.74, 6) is 0.888. The Bertz CT molecular complexity index is 883. The molecule has 1 saturated heterocycles. The van der Waals surface area contributed by atoms with Gasteiger partial charge in [0.15, 0.2) is 5.65 Å². The summed E-state index contributed by atoms with van der Waals surface area (Å²) in [6, 6.07) is 8.96. The van der Waals surface area contributed by atoms with Gasteiger partial charge >= 0.3 is 0 Å². The average molecular weight is 322 g/mol. The molecule has 7 heteroatoms. The molecule has 122 valence electrons. The van der Waals surface area contributed by atoms with Gasteiger partial charge in [-0.05, 0) is 43.5 Å². The number of hydrogen-bond donors (Lipinski definition) is 1. The van der Waals surface area contributed by atoms with E-state index in [1.54, 1.807) is 18.3 Å². The van der Waals surface area contributed by atoms with Crippen LogP contribution >= 0.6 is 0 Å². The Morgan fingerprint density at radius 1 is 1.12 bits per heavy atom. The van der Waals surface area contributed by atoms with Crippen LogP contribution in [-0.2, 0) is 0 Å². The second kappa shape index (κ2) is 5.92. The summed E-state index contributed by atoms with van der Waals surface area (Å²) >= 11 is 0. The van der Waals surface area contributed by atoms with E-state index in [4.69, 9.17) is 5.73 Å². The van der Waals surface area contributed by atoms with Crippen LogP contribution < -0.4 is 5.73 Å². The second-order valence-corrected chi connectivity index (χ2v) is 5.94. The highest BCUT2D eigenvalue weighted by atomic mass is 16.2. The maximum atomic E-state index is 12.7. The van der Waals surface area contributed by atoms with E-state index >= 15 is 0 Å². The summed E-state index contributed by atoms with van der Waals surface area (Å²) in [5, 5.41) is 4.39. The lowest BCUT2D eigenvalue weighted by Gasteiger charge is -2.26. The first-order valence-electron chi connectivity index (χ1n) is 8.09. The highest BCUT2D eigenvalue weighted by Gasteiger charge is 2.20. The number of fused-ring (bicyclic) bond motifs is 1. The number of pyridine rings is 2. The maximum Gasteiger partial charge on any atom is 0.254 e. The number of nitrogens with two attached hydrogens (primary N) is 1. The van der Waals surface area contributed by atoms with E-state index in [2.05, 4.69) is 15.1 Å². The third-order valence-electron chi connectivity index (χ3n) is 4.25. The molecule has 4 rings (SSSR count). The molecule has 3 aromatic heterocycles. The van der Waals surface area contributed by atoms with Crippen molar-refractivity contribution in [2.24, 2.45) is 0 Å². The largest absolute Gasteiger partial charge is 0.384 e. The van der Waals surface area contributed by atoms with Crippen LogP contribution in [0.2, 0.25) is 0 Å². The van der Waals surface area contributed by atoms with Crippen LogP contribution in [0.4, 0.5) is 5.82 Å². The lowest BCUT2D eigenvalue weighted by Crippen LogP contribution is -2.35. The van der Waals surface area contributed by atoms with Gasteiger partial charge in [-0.3, -0.25) is 9.78 Å². The van der Waals surface area contributed by atoms with E-state index in [-0.39, 0.29) is 5.91 Å². The van der Waals surface area contributed by atoms with E-state index in [9.17, 15) is 4.79 Å². The number of carbonyl (C=O) groups excluding carboxylic acids is 1. The van der Waals surface area contributed by atoms with Crippen molar-refractivity contribution < 1.29 is 4.79 Å². The van der Waals surface area contributed by atoms with Crippen molar-refractivity contribution in [2.75, 3.05) is 18.8 Å². The number of amides is 1. The predicted molar refractivity (Wildman–Crippen MR) is 90.4 cm³/mol. The molecule has 0 radical (unpaired) electrons. The quantitative estimate of drug-likeness (QED) is 0.779. The summed E-state index contributed by atoms with van der Waals surface area (Å²) in [6.07, 6.45) is 4.98. The van der Waals surface area contributed by atoms with Crippen LogP contribution in [0.5, 0.6) is 0 Å². The van der Waals surface area contributed by atoms with Crippen LogP contribution in [0.15, 0.2) is 36.5 Å². The Hall–Kier alpha value is -2.96. The molecule has 2 N–H and O–H groups in total. The van der Waals surface area contributed by atoms with Gasteiger partial charge < -0.3 is 10.6 Å². The molecule has 7 nitrogen and oxygen atoms in total. The molecular formula is C17H18N6O. The van der Waals surface area contributed by atoms with Crippen LogP contribution in [0, 0.1) is 0 Å². The first-order chi connectivity index (χ1) is 11.7. The average Bonchev–Trinajstić information content (AvgIpc) is 3.07. The van der Waals surface area contributed by atoms with Crippen molar-refractivity contribution >= 4 is 17.4 Å². The Morgan fingerprint density at radius 2 is 1.96 bits per heavy atom. The molecule has 0 bridgehead atoms. The first-order valence-corrected chi connectivity index (χ1v) is 8.09. The van der Waals surface area contributed by atoms with Gasteiger partial charge in [0, 0.05) is 24.8 Å². The van der Waals surface area contributed by atoms with Crippen LogP contribution in [0.3, 0.4) is 0 Å². The monoisotopic (exact) mass is 322 g/mol. The zero-order valence-corrected chi connectivity index (χ0v) is 13.2. The third kappa shape index (κ3) is 2.58. The summed E-state index contributed by atoms with van der Waals surface area (Å²) < 4.78 is 1.54. The van der Waals surface area contributed by atoms with Crippen molar-refractivity contribution in [3.05, 3.63) is 42.1 Å². The van der Waals surface area contributed by atoms with Crippen molar-refractivity contribution in [3.63, 3.8) is 0 Å². The van der Waals surface area contributed by atoms with Crippen molar-refractivity contribution in [2.45, 2.75) is 19.3 Å². The van der Waals surface area contributed by atoms with Gasteiger partial charge in [0.25, 0.3) is 5.91 Å². The number of nitrogen functional groups attached to an aromatic ring is 1. The fraction of sp³-hybridized carbons (Fsp3) is 0.294. The van der Waals surface area contributed by atoms with Crippen molar-refractivity contribution in [3.8, 4) is 11.5 Å². The lowest BCUT2D eigenvalue weighted by atomic mass is 10.1. The number of nitrogens with zero attached hydrogens (tertiary/aromatic N) is 5. The number of aromatic nitrogens is 4. The Balaban J connectivity index is 1.72. The van der Waals surface area contributed by atoms with E-state index in [0.717, 1.165) is 25.9 Å². The van der Waals surface area contributed by atoms with Gasteiger partial charge in [-0.25, -0.2) is 4.98 Å². The summed E-state index contributed by atoms with van der Waals surface area (Å²) in [7, 11) is 0. The molecule has 1 fully saturated rings. The molecule has 24 heavy (non-hydrogen) atoms. The number of carbonyl (C=O) groups is 1. The minimum atomic E-state index is 0.00582. The van der Waals surface area contributed by atoms with Crippen LogP contribution in [-0.4, -0.2) is 43.5 Å². The molecule has 0 spiro atoms. The molecule has 0 unspecified atom stereocenters. The van der Waals surface area contributed by atoms with Crippen molar-refractivity contribution in [1.29, 1.82) is 0 Å². The number of likely N-dealkylation sites (tertiary alicyclic amines) is 1. The Morgan fingerprint density at radius 3 is 2.71 bits per heavy atom. The smallest absolute Gasteiger partial charge is 0.254 e. The zero-order valence-electron chi connectivity index (χ0n) is 13.2. The minimum absolute atomic E-state index is 0.00582. The molecule has 0 saturated carbocycles. The van der Waals surface area contributed by atoms with E-state index in [0.29, 0.717) is 28.5 Å². The Labute approximate surface area is 139 Å². The number of rotatable bonds is 2. The minimum Gasteiger partial charge on any atom is -0.384 e. The maximum absolute atomic E-state index is 12.7. The molecular weight excluding hydrogens is 304 g/mol. The molecule has 0 atom stereocenters. The van der Waals surface area contributed by atoms with Gasteiger partial charge in [0.2, 0.25) is 5.82 Å². The second-order valence-electron chi connectivity index (χ2n) is 5.94. The normalized spacial score (nSPS) is 14.9. The first kappa shape index (κ1) is 14.6. The van der Waals surface area contributed by atoms with Gasteiger partial charge in [-0.1, -0.05) is 6.07 Å². The molecule has 0 aliphatic carbocycles. The van der Waals surface area contributed by atoms with Crippen molar-refractivity contribution in [1.82, 2.24) is 24.5 Å². The fourth-order valence-corrected chi connectivity index (χ4v) is 3.02. The van der Waals surface area contributed by atoms with Gasteiger partial charge in [0.1, 0.15) is 11.5 Å². The molecule has 3 aromatic rings. The third-order valence-corrected chi connectivity index (χ3v) is 4.25. The summed E-state index contributed by atoms with van der Waals surface area (Å²) in [6.45, 7) is 1.60. The molecule has 1 aliphatic rings. The van der Waals surface area contributed by atoms with Gasteiger partial charge in [-0.15, -0.1) is 5.10 Å². The van der Waals surface area contributed by atoms with E-state index in [1.807, 2.05) is 23.1 Å². The van der Waals surface area contributed by atoms with Gasteiger partial charge in [0.05, 0.1) is 0 Å². The highest BCUT2D eigenvalue weighted by Crippen LogP contribution is 2.19. The van der Waals surface area contributed by atoms with E-state index < -0.39 is 0 Å². The number of anilines is 1. The van der Waals surface area contributed by atoms with Crippen LogP contribution in [0.1, 0.15) is 29.6 Å². The highest BCUT2D eigenvalue weighted by molar-refractivity contribution is 5.96. The molecule has 1 amide bonds. The standard InChI is InChI=1S/C17H18N6O/c18-14-10-12(17(24)22-8-4-1-5-9-22)11-15-20-16(21-23(14)15)13-6-2-3-7-19-13/h2-3,6-7,10-11H,1,4-5,8-9,18H2. The number of hydrogen-bond acceptors (Lipinski definition) is 5. The predicted octanol–water partition coefficient (Wildman–Crippen LogP) is 2.00. The lowest BCUT2D eigenvalue weighted by molar-refractivity contribution is 0.0724. The molecule has 1 aliphatic heterocycles. The number of piperidine rings is 1. The van der Waals surface area contributed by atoms with Crippen LogP contribution in [0.25, 0.3) is 17.2 Å². The summed E-state index contributed by atoms with van der Waals surface area (Å²) in [4.78, 5) is 23.3. The fourth-order valence-electron chi connectivity index (χ4n) is 3.02. The van der Waals surface area contributed by atoms with Gasteiger partial charge in [-0.2, -0.15) is 4.52 Å². The molecule has 0 aromatic carbocycles.